The monoisotopic (exact) mass is 382 g/mol. The zero-order valence-electron chi connectivity index (χ0n) is 16.2. The molecule has 4 atom stereocenters. The maximum Gasteiger partial charge on any atom is 0.271 e. The number of likely N-dealkylation sites (tertiary alicyclic amines) is 1. The molecule has 1 aromatic carbocycles. The molecule has 2 aromatic rings. The maximum absolute atomic E-state index is 12.7. The lowest BCUT2D eigenvalue weighted by Gasteiger charge is -2.35. The van der Waals surface area contributed by atoms with Gasteiger partial charge in [0.25, 0.3) is 11.8 Å². The average molecular weight is 382 g/mol. The van der Waals surface area contributed by atoms with Crippen LogP contribution in [0, 0.1) is 25.7 Å². The molecule has 7 nitrogen and oxygen atoms in total. The number of H-pyrrole nitrogens is 1. The van der Waals surface area contributed by atoms with Crippen LogP contribution in [0.15, 0.2) is 30.5 Å². The molecular weight excluding hydrogens is 356 g/mol. The first kappa shape index (κ1) is 18.7. The molecule has 0 spiro atoms. The van der Waals surface area contributed by atoms with Crippen LogP contribution in [0.4, 0.5) is 0 Å². The second kappa shape index (κ2) is 7.39. The number of aryl methyl sites for hydroxylation is 2. The fraction of sp³-hybridized carbons (Fsp3) is 0.476. The number of aromatic nitrogens is 2. The van der Waals surface area contributed by atoms with E-state index in [4.69, 9.17) is 0 Å². The molecule has 0 radical (unpaired) electrons. The molecule has 7 heteroatoms. The van der Waals surface area contributed by atoms with Crippen molar-refractivity contribution in [2.75, 3.05) is 13.1 Å². The van der Waals surface area contributed by atoms with Gasteiger partial charge in [0.1, 0.15) is 5.69 Å². The molecule has 2 aliphatic rings. The van der Waals surface area contributed by atoms with E-state index in [1.165, 1.54) is 0 Å². The van der Waals surface area contributed by atoms with Crippen molar-refractivity contribution in [3.8, 4) is 0 Å². The number of hydrogen-bond acceptors (Lipinski definition) is 4. The zero-order valence-corrected chi connectivity index (χ0v) is 16.2. The molecule has 2 heterocycles. The third-order valence-electron chi connectivity index (χ3n) is 6.10. The first-order valence-electron chi connectivity index (χ1n) is 9.77. The Balaban J connectivity index is 1.41. The molecule has 1 saturated carbocycles. The Kier molecular flexibility index (Phi) is 4.93. The van der Waals surface area contributed by atoms with E-state index in [2.05, 4.69) is 15.5 Å². The Morgan fingerprint density at radius 1 is 1.18 bits per heavy atom. The van der Waals surface area contributed by atoms with Crippen LogP contribution in [0.5, 0.6) is 0 Å². The predicted molar refractivity (Wildman–Crippen MR) is 104 cm³/mol. The largest absolute Gasteiger partial charge is 0.391 e. The molecular formula is C21H26N4O3. The van der Waals surface area contributed by atoms with Crippen LogP contribution in [0.25, 0.3) is 0 Å². The minimum absolute atomic E-state index is 0.0581. The van der Waals surface area contributed by atoms with E-state index in [1.807, 2.05) is 36.9 Å². The van der Waals surface area contributed by atoms with Crippen LogP contribution in [0.2, 0.25) is 0 Å². The van der Waals surface area contributed by atoms with Crippen LogP contribution >= 0.6 is 0 Å². The lowest BCUT2D eigenvalue weighted by Crippen LogP contribution is -2.49. The Morgan fingerprint density at radius 3 is 2.61 bits per heavy atom. The van der Waals surface area contributed by atoms with Gasteiger partial charge in [0.05, 0.1) is 12.1 Å². The Labute approximate surface area is 164 Å². The van der Waals surface area contributed by atoms with Crippen molar-refractivity contribution in [1.29, 1.82) is 0 Å². The summed E-state index contributed by atoms with van der Waals surface area (Å²) >= 11 is 0. The van der Waals surface area contributed by atoms with Crippen molar-refractivity contribution in [3.63, 3.8) is 0 Å². The Bertz CT molecular complexity index is 880. The fourth-order valence-electron chi connectivity index (χ4n) is 4.61. The molecule has 0 bridgehead atoms. The highest BCUT2D eigenvalue weighted by atomic mass is 16.3. The van der Waals surface area contributed by atoms with E-state index in [1.54, 1.807) is 12.3 Å². The van der Waals surface area contributed by atoms with E-state index in [-0.39, 0.29) is 29.7 Å². The number of fused-ring (bicyclic) bond motifs is 1. The summed E-state index contributed by atoms with van der Waals surface area (Å²) < 4.78 is 0. The van der Waals surface area contributed by atoms with Crippen molar-refractivity contribution < 1.29 is 14.7 Å². The van der Waals surface area contributed by atoms with Gasteiger partial charge in [0.15, 0.2) is 0 Å². The molecule has 2 amide bonds. The van der Waals surface area contributed by atoms with Gasteiger partial charge in [0.2, 0.25) is 0 Å². The van der Waals surface area contributed by atoms with Gasteiger partial charge in [-0.3, -0.25) is 14.7 Å². The summed E-state index contributed by atoms with van der Waals surface area (Å²) in [6.07, 6.45) is 2.24. The predicted octanol–water partition coefficient (Wildman–Crippen LogP) is 1.67. The number of aliphatic hydroxyl groups is 1. The van der Waals surface area contributed by atoms with Crippen molar-refractivity contribution in [2.24, 2.45) is 11.8 Å². The van der Waals surface area contributed by atoms with E-state index in [0.29, 0.717) is 37.2 Å². The third-order valence-corrected chi connectivity index (χ3v) is 6.10. The highest BCUT2D eigenvalue weighted by Crippen LogP contribution is 2.37. The number of rotatable bonds is 3. The molecule has 3 N–H and O–H groups in total. The molecule has 4 rings (SSSR count). The minimum Gasteiger partial charge on any atom is -0.391 e. The molecule has 1 aliphatic carbocycles. The minimum atomic E-state index is -0.599. The second-order valence-corrected chi connectivity index (χ2v) is 8.14. The van der Waals surface area contributed by atoms with Crippen molar-refractivity contribution in [2.45, 2.75) is 38.8 Å². The topological polar surface area (TPSA) is 98.3 Å². The third kappa shape index (κ3) is 3.54. The van der Waals surface area contributed by atoms with E-state index < -0.39 is 6.10 Å². The molecule has 148 valence electrons. The fourth-order valence-corrected chi connectivity index (χ4v) is 4.61. The number of carbonyl (C=O) groups is 2. The van der Waals surface area contributed by atoms with Crippen LogP contribution in [0.3, 0.4) is 0 Å². The molecule has 1 aliphatic heterocycles. The summed E-state index contributed by atoms with van der Waals surface area (Å²) in [5.74, 6) is 0.330. The van der Waals surface area contributed by atoms with Crippen LogP contribution in [-0.2, 0) is 0 Å². The number of amides is 2. The Morgan fingerprint density at radius 2 is 1.93 bits per heavy atom. The summed E-state index contributed by atoms with van der Waals surface area (Å²) in [5, 5.41) is 20.2. The molecule has 2 fully saturated rings. The Hall–Kier alpha value is -2.67. The zero-order chi connectivity index (χ0) is 19.8. The van der Waals surface area contributed by atoms with Gasteiger partial charge in [-0.05, 0) is 56.2 Å². The standard InChI is InChI=1S/C21H26N4O3/c1-12-3-4-16(13(2)7-12)20(27)23-18-8-14-10-25(11-15(14)9-19(18)26)21(28)17-5-6-22-24-17/h3-7,14-15,18-19,26H,8-11H2,1-2H3,(H,22,24)(H,23,27)/t14-,15+,18-,19-/m0/s1. The number of hydrogen-bond donors (Lipinski definition) is 3. The number of benzene rings is 1. The number of aromatic amines is 1. The van der Waals surface area contributed by atoms with E-state index in [0.717, 1.165) is 11.1 Å². The summed E-state index contributed by atoms with van der Waals surface area (Å²) in [6, 6.07) is 7.12. The van der Waals surface area contributed by atoms with Crippen LogP contribution in [-0.4, -0.2) is 57.3 Å². The highest BCUT2D eigenvalue weighted by Gasteiger charge is 2.43. The lowest BCUT2D eigenvalue weighted by molar-refractivity contribution is 0.0461. The first-order valence-corrected chi connectivity index (χ1v) is 9.77. The maximum atomic E-state index is 12.7. The SMILES string of the molecule is Cc1ccc(C(=O)N[C@H]2C[C@H]3CN(C(=O)c4ccn[nH]4)C[C@H]3C[C@@H]2O)c(C)c1. The van der Waals surface area contributed by atoms with Crippen molar-refractivity contribution in [1.82, 2.24) is 20.4 Å². The molecule has 0 unspecified atom stereocenters. The van der Waals surface area contributed by atoms with Gasteiger partial charge in [-0.15, -0.1) is 0 Å². The summed E-state index contributed by atoms with van der Waals surface area (Å²) in [5.41, 5.74) is 3.17. The summed E-state index contributed by atoms with van der Waals surface area (Å²) in [4.78, 5) is 27.1. The van der Waals surface area contributed by atoms with Crippen LogP contribution < -0.4 is 5.32 Å². The average Bonchev–Trinajstić information content (AvgIpc) is 3.31. The molecule has 28 heavy (non-hydrogen) atoms. The van der Waals surface area contributed by atoms with Crippen molar-refractivity contribution in [3.05, 3.63) is 52.8 Å². The summed E-state index contributed by atoms with van der Waals surface area (Å²) in [7, 11) is 0. The van der Waals surface area contributed by atoms with Gasteiger partial charge in [0, 0.05) is 24.8 Å². The number of nitrogens with zero attached hydrogens (tertiary/aromatic N) is 2. The quantitative estimate of drug-likeness (QED) is 0.752. The van der Waals surface area contributed by atoms with Crippen molar-refractivity contribution >= 4 is 11.8 Å². The highest BCUT2D eigenvalue weighted by molar-refractivity contribution is 5.96. The second-order valence-electron chi connectivity index (χ2n) is 8.14. The van der Waals surface area contributed by atoms with Gasteiger partial charge in [-0.25, -0.2) is 0 Å². The summed E-state index contributed by atoms with van der Waals surface area (Å²) in [6.45, 7) is 5.20. The smallest absolute Gasteiger partial charge is 0.271 e. The number of aliphatic hydroxyl groups excluding tert-OH is 1. The number of carbonyl (C=O) groups excluding carboxylic acids is 2. The van der Waals surface area contributed by atoms with Gasteiger partial charge < -0.3 is 15.3 Å². The molecule has 1 aromatic heterocycles. The normalized spacial score (nSPS) is 26.8. The van der Waals surface area contributed by atoms with E-state index >= 15 is 0 Å². The van der Waals surface area contributed by atoms with Gasteiger partial charge >= 0.3 is 0 Å². The number of nitrogens with one attached hydrogen (secondary N) is 2. The van der Waals surface area contributed by atoms with Gasteiger partial charge in [-0.2, -0.15) is 5.10 Å². The lowest BCUT2D eigenvalue weighted by atomic mass is 9.77. The van der Waals surface area contributed by atoms with E-state index in [9.17, 15) is 14.7 Å². The molecule has 1 saturated heterocycles. The van der Waals surface area contributed by atoms with Gasteiger partial charge in [-0.1, -0.05) is 17.7 Å². The van der Waals surface area contributed by atoms with Crippen LogP contribution in [0.1, 0.15) is 44.8 Å². The first-order chi connectivity index (χ1) is 13.4.